The van der Waals surface area contributed by atoms with E-state index in [9.17, 15) is 8.42 Å². The molecule has 0 amide bonds. The smallest absolute Gasteiger partial charge is 0.209 e. The average Bonchev–Trinajstić information content (AvgIpc) is 2.41. The molecule has 0 unspecified atom stereocenters. The van der Waals surface area contributed by atoms with Gasteiger partial charge in [-0.25, -0.2) is 13.6 Å². The standard InChI is InChI=1S/C13H27NO6S/c1-17-5-2-6-18-9-10-20-11-13(12-21(14,15)16)3-7-19-8-4-13/h2-12H2,1H3,(H2,14,15,16). The van der Waals surface area contributed by atoms with Crippen molar-refractivity contribution in [3.05, 3.63) is 0 Å². The van der Waals surface area contributed by atoms with Gasteiger partial charge in [0, 0.05) is 39.0 Å². The van der Waals surface area contributed by atoms with Gasteiger partial charge in [0.1, 0.15) is 0 Å². The normalized spacial score (nSPS) is 18.8. The van der Waals surface area contributed by atoms with Gasteiger partial charge >= 0.3 is 0 Å². The van der Waals surface area contributed by atoms with E-state index < -0.39 is 15.4 Å². The summed E-state index contributed by atoms with van der Waals surface area (Å²) in [7, 11) is -1.87. The van der Waals surface area contributed by atoms with Crippen molar-refractivity contribution in [2.45, 2.75) is 19.3 Å². The molecular weight excluding hydrogens is 298 g/mol. The highest BCUT2D eigenvalue weighted by atomic mass is 32.2. The molecule has 0 aliphatic carbocycles. The topological polar surface area (TPSA) is 97.1 Å². The maximum atomic E-state index is 11.4. The maximum Gasteiger partial charge on any atom is 0.209 e. The SMILES string of the molecule is COCCCOCCOCC1(CS(N)(=O)=O)CCOCC1. The number of primary sulfonamides is 1. The second-order valence-corrected chi connectivity index (χ2v) is 7.05. The number of methoxy groups -OCH3 is 1. The first kappa shape index (κ1) is 18.8. The number of hydrogen-bond acceptors (Lipinski definition) is 6. The number of hydrogen-bond donors (Lipinski definition) is 1. The van der Waals surface area contributed by atoms with E-state index in [0.717, 1.165) is 6.42 Å². The second-order valence-electron chi connectivity index (χ2n) is 5.43. The maximum absolute atomic E-state index is 11.4. The van der Waals surface area contributed by atoms with E-state index in [1.807, 2.05) is 0 Å². The molecular formula is C13H27NO6S. The molecule has 0 spiro atoms. The highest BCUT2D eigenvalue weighted by Gasteiger charge is 2.36. The van der Waals surface area contributed by atoms with Gasteiger partial charge < -0.3 is 18.9 Å². The van der Waals surface area contributed by atoms with Crippen LogP contribution in [0.25, 0.3) is 0 Å². The van der Waals surface area contributed by atoms with Crippen LogP contribution in [-0.2, 0) is 29.0 Å². The zero-order valence-electron chi connectivity index (χ0n) is 12.7. The second kappa shape index (κ2) is 9.70. The van der Waals surface area contributed by atoms with Crippen LogP contribution >= 0.6 is 0 Å². The Bertz CT molecular complexity index is 367. The third-order valence-corrected chi connectivity index (χ3v) is 4.49. The molecule has 1 heterocycles. The van der Waals surface area contributed by atoms with Crippen molar-refractivity contribution in [2.24, 2.45) is 10.6 Å². The van der Waals surface area contributed by atoms with Gasteiger partial charge in [0.15, 0.2) is 0 Å². The molecule has 0 bridgehead atoms. The van der Waals surface area contributed by atoms with Crippen molar-refractivity contribution >= 4 is 10.0 Å². The molecule has 0 atom stereocenters. The van der Waals surface area contributed by atoms with Crippen LogP contribution in [0.1, 0.15) is 19.3 Å². The fraction of sp³-hybridized carbons (Fsp3) is 1.00. The van der Waals surface area contributed by atoms with E-state index >= 15 is 0 Å². The molecule has 1 fully saturated rings. The molecule has 0 aromatic heterocycles. The Morgan fingerprint density at radius 2 is 1.76 bits per heavy atom. The van der Waals surface area contributed by atoms with Crippen LogP contribution < -0.4 is 5.14 Å². The minimum atomic E-state index is -3.52. The van der Waals surface area contributed by atoms with Gasteiger partial charge in [0.05, 0.1) is 25.6 Å². The number of rotatable bonds is 11. The molecule has 0 saturated carbocycles. The van der Waals surface area contributed by atoms with Crippen molar-refractivity contribution < 1.29 is 27.4 Å². The van der Waals surface area contributed by atoms with E-state index in [2.05, 4.69) is 0 Å². The summed E-state index contributed by atoms with van der Waals surface area (Å²) in [6, 6.07) is 0. The van der Waals surface area contributed by atoms with Gasteiger partial charge in [0.2, 0.25) is 10.0 Å². The lowest BCUT2D eigenvalue weighted by Crippen LogP contribution is -2.42. The first-order valence-electron chi connectivity index (χ1n) is 7.20. The molecule has 0 aromatic carbocycles. The third kappa shape index (κ3) is 8.70. The van der Waals surface area contributed by atoms with E-state index in [-0.39, 0.29) is 5.75 Å². The predicted molar refractivity (Wildman–Crippen MR) is 78.6 cm³/mol. The first-order valence-corrected chi connectivity index (χ1v) is 8.92. The van der Waals surface area contributed by atoms with E-state index in [4.69, 9.17) is 24.1 Å². The number of ether oxygens (including phenoxy) is 4. The minimum absolute atomic E-state index is 0.0575. The molecule has 0 aromatic rings. The predicted octanol–water partition coefficient (Wildman–Crippen LogP) is 0.141. The Hall–Kier alpha value is -0.250. The van der Waals surface area contributed by atoms with Crippen molar-refractivity contribution in [1.29, 1.82) is 0 Å². The summed E-state index contributed by atoms with van der Waals surface area (Å²) in [5, 5.41) is 5.19. The van der Waals surface area contributed by atoms with Gasteiger partial charge in [-0.05, 0) is 19.3 Å². The highest BCUT2D eigenvalue weighted by molar-refractivity contribution is 7.89. The molecule has 1 saturated heterocycles. The van der Waals surface area contributed by atoms with E-state index in [1.165, 1.54) is 0 Å². The monoisotopic (exact) mass is 325 g/mol. The minimum Gasteiger partial charge on any atom is -0.385 e. The van der Waals surface area contributed by atoms with Crippen molar-refractivity contribution in [3.8, 4) is 0 Å². The summed E-state index contributed by atoms with van der Waals surface area (Å²) >= 11 is 0. The van der Waals surface area contributed by atoms with E-state index in [1.54, 1.807) is 7.11 Å². The highest BCUT2D eigenvalue weighted by Crippen LogP contribution is 2.32. The van der Waals surface area contributed by atoms with Crippen LogP contribution in [0, 0.1) is 5.41 Å². The molecule has 2 N–H and O–H groups in total. The molecule has 1 aliphatic rings. The molecule has 1 aliphatic heterocycles. The summed E-state index contributed by atoms with van der Waals surface area (Å²) in [5.41, 5.74) is -0.429. The van der Waals surface area contributed by atoms with E-state index in [0.29, 0.717) is 59.1 Å². The van der Waals surface area contributed by atoms with Gasteiger partial charge in [-0.3, -0.25) is 0 Å². The Kier molecular flexibility index (Phi) is 8.69. The Morgan fingerprint density at radius 1 is 1.10 bits per heavy atom. The fourth-order valence-electron chi connectivity index (χ4n) is 2.38. The van der Waals surface area contributed by atoms with Crippen molar-refractivity contribution in [3.63, 3.8) is 0 Å². The molecule has 8 heteroatoms. The fourth-order valence-corrected chi connectivity index (χ4v) is 3.60. The largest absolute Gasteiger partial charge is 0.385 e. The van der Waals surface area contributed by atoms with Gasteiger partial charge in [-0.15, -0.1) is 0 Å². The summed E-state index contributed by atoms with van der Waals surface area (Å²) in [6.45, 7) is 3.71. The van der Waals surface area contributed by atoms with Crippen LogP contribution in [0.2, 0.25) is 0 Å². The summed E-state index contributed by atoms with van der Waals surface area (Å²) in [5.74, 6) is -0.0575. The molecule has 126 valence electrons. The van der Waals surface area contributed by atoms with Crippen LogP contribution in [0.15, 0.2) is 0 Å². The lowest BCUT2D eigenvalue weighted by Gasteiger charge is -2.36. The quantitative estimate of drug-likeness (QED) is 0.543. The van der Waals surface area contributed by atoms with Crippen LogP contribution in [-0.4, -0.2) is 67.5 Å². The third-order valence-electron chi connectivity index (χ3n) is 3.48. The molecule has 7 nitrogen and oxygen atoms in total. The summed E-state index contributed by atoms with van der Waals surface area (Å²) < 4.78 is 44.0. The molecule has 0 radical (unpaired) electrons. The zero-order valence-corrected chi connectivity index (χ0v) is 13.5. The van der Waals surface area contributed by atoms with Crippen molar-refractivity contribution in [1.82, 2.24) is 0 Å². The molecule has 21 heavy (non-hydrogen) atoms. The Labute approximate surface area is 127 Å². The van der Waals surface area contributed by atoms with Gasteiger partial charge in [-0.1, -0.05) is 0 Å². The van der Waals surface area contributed by atoms with Crippen LogP contribution in [0.3, 0.4) is 0 Å². The lowest BCUT2D eigenvalue weighted by molar-refractivity contribution is -0.0408. The number of sulfonamides is 1. The van der Waals surface area contributed by atoms with Crippen LogP contribution in [0.4, 0.5) is 0 Å². The molecule has 1 rings (SSSR count). The first-order chi connectivity index (χ1) is 9.97. The average molecular weight is 325 g/mol. The van der Waals surface area contributed by atoms with Gasteiger partial charge in [-0.2, -0.15) is 0 Å². The Balaban J connectivity index is 2.24. The van der Waals surface area contributed by atoms with Gasteiger partial charge in [0.25, 0.3) is 0 Å². The summed E-state index contributed by atoms with van der Waals surface area (Å²) in [4.78, 5) is 0. The number of nitrogens with two attached hydrogens (primary N) is 1. The zero-order chi connectivity index (χ0) is 15.6. The van der Waals surface area contributed by atoms with Crippen LogP contribution in [0.5, 0.6) is 0 Å². The lowest BCUT2D eigenvalue weighted by atomic mass is 9.83. The summed E-state index contributed by atoms with van der Waals surface area (Å²) in [6.07, 6.45) is 2.15. The van der Waals surface area contributed by atoms with Crippen molar-refractivity contribution in [2.75, 3.05) is 59.1 Å². The Morgan fingerprint density at radius 3 is 2.38 bits per heavy atom.